The minimum absolute atomic E-state index is 0.0790. The molecule has 0 aliphatic rings. The van der Waals surface area contributed by atoms with Crippen LogP contribution in [0.1, 0.15) is 13.3 Å². The largest absolute Gasteiger partial charge is 0.461 e. The van der Waals surface area contributed by atoms with Crippen molar-refractivity contribution in [2.75, 3.05) is 20.3 Å². The first-order valence-electron chi connectivity index (χ1n) is 4.10. The van der Waals surface area contributed by atoms with E-state index >= 15 is 0 Å². The molecule has 0 fully saturated rings. The highest BCUT2D eigenvalue weighted by molar-refractivity contribution is 5.76. The van der Waals surface area contributed by atoms with Crippen molar-refractivity contribution in [3.63, 3.8) is 0 Å². The average molecular weight is 212 g/mol. The van der Waals surface area contributed by atoms with Crippen LogP contribution in [0.3, 0.4) is 0 Å². The minimum atomic E-state index is -3.48. The van der Waals surface area contributed by atoms with E-state index in [4.69, 9.17) is 5.11 Å². The summed E-state index contributed by atoms with van der Waals surface area (Å²) in [4.78, 5) is 10.5. The molecule has 84 valence electrons. The van der Waals surface area contributed by atoms with Gasteiger partial charge in [0.1, 0.15) is 0 Å². The number of hydrogen-bond donors (Lipinski definition) is 1. The Kier molecular flexibility index (Phi) is 5.56. The summed E-state index contributed by atoms with van der Waals surface area (Å²) in [5.74, 6) is -5.06. The number of aliphatic hydroxyl groups is 1. The van der Waals surface area contributed by atoms with Crippen LogP contribution in [0.5, 0.6) is 0 Å². The van der Waals surface area contributed by atoms with Crippen molar-refractivity contribution in [2.24, 2.45) is 0 Å². The smallest absolute Gasteiger partial charge is 0.376 e. The molecule has 14 heavy (non-hydrogen) atoms. The van der Waals surface area contributed by atoms with Gasteiger partial charge in [-0.05, 0) is 0 Å². The van der Waals surface area contributed by atoms with Crippen molar-refractivity contribution in [2.45, 2.75) is 25.4 Å². The fourth-order valence-corrected chi connectivity index (χ4v) is 0.690. The molecule has 0 aliphatic carbocycles. The van der Waals surface area contributed by atoms with Crippen LogP contribution in [0, 0.1) is 0 Å². The summed E-state index contributed by atoms with van der Waals surface area (Å²) in [6.07, 6.45) is -0.728. The molecule has 6 heteroatoms. The summed E-state index contributed by atoms with van der Waals surface area (Å²) < 4.78 is 33.3. The van der Waals surface area contributed by atoms with E-state index in [-0.39, 0.29) is 19.6 Å². The number of halogens is 2. The van der Waals surface area contributed by atoms with E-state index < -0.39 is 18.0 Å². The first kappa shape index (κ1) is 13.2. The van der Waals surface area contributed by atoms with Crippen molar-refractivity contribution in [1.82, 2.24) is 0 Å². The van der Waals surface area contributed by atoms with Crippen molar-refractivity contribution in [3.05, 3.63) is 0 Å². The molecule has 0 radical (unpaired) electrons. The van der Waals surface area contributed by atoms with Gasteiger partial charge < -0.3 is 14.6 Å². The van der Waals surface area contributed by atoms with E-state index in [0.29, 0.717) is 6.92 Å². The second-order valence-electron chi connectivity index (χ2n) is 2.92. The summed E-state index contributed by atoms with van der Waals surface area (Å²) in [7, 11) is 1.40. The molecular weight excluding hydrogens is 198 g/mol. The molecule has 0 bridgehead atoms. The predicted molar refractivity (Wildman–Crippen MR) is 44.1 cm³/mol. The fourth-order valence-electron chi connectivity index (χ4n) is 0.690. The molecule has 0 spiro atoms. The van der Waals surface area contributed by atoms with Crippen molar-refractivity contribution >= 4 is 5.97 Å². The lowest BCUT2D eigenvalue weighted by molar-refractivity contribution is -0.170. The van der Waals surface area contributed by atoms with Gasteiger partial charge in [0.25, 0.3) is 0 Å². The number of rotatable bonds is 6. The number of methoxy groups -OCH3 is 1. The number of aliphatic hydroxyl groups excluding tert-OH is 1. The second kappa shape index (κ2) is 5.87. The SMILES string of the molecule is COCC(O)CCOC(=O)C(C)(F)F. The summed E-state index contributed by atoms with van der Waals surface area (Å²) in [5, 5.41) is 9.06. The van der Waals surface area contributed by atoms with Crippen LogP contribution in [-0.2, 0) is 14.3 Å². The van der Waals surface area contributed by atoms with Gasteiger partial charge in [0.15, 0.2) is 0 Å². The molecule has 0 aromatic carbocycles. The van der Waals surface area contributed by atoms with Gasteiger partial charge in [0, 0.05) is 20.5 Å². The Bertz CT molecular complexity index is 179. The molecule has 0 aliphatic heterocycles. The maximum atomic E-state index is 12.2. The van der Waals surface area contributed by atoms with E-state index in [9.17, 15) is 13.6 Å². The minimum Gasteiger partial charge on any atom is -0.461 e. The summed E-state index contributed by atoms with van der Waals surface area (Å²) >= 11 is 0. The predicted octanol–water partition coefficient (Wildman–Crippen LogP) is 0.582. The molecule has 0 amide bonds. The molecule has 4 nitrogen and oxygen atoms in total. The van der Waals surface area contributed by atoms with Gasteiger partial charge in [-0.15, -0.1) is 0 Å². The molecule has 0 rings (SSSR count). The monoisotopic (exact) mass is 212 g/mol. The molecule has 0 aromatic rings. The Morgan fingerprint density at radius 3 is 2.57 bits per heavy atom. The molecule has 1 N–H and O–H groups in total. The lowest BCUT2D eigenvalue weighted by atomic mass is 10.3. The standard InChI is InChI=1S/C8H14F2O4/c1-8(9,10)7(12)14-4-3-6(11)5-13-2/h6,11H,3-5H2,1-2H3. The number of alkyl halides is 2. The van der Waals surface area contributed by atoms with E-state index in [1.54, 1.807) is 0 Å². The van der Waals surface area contributed by atoms with Crippen LogP contribution in [-0.4, -0.2) is 43.4 Å². The zero-order chi connectivity index (χ0) is 11.2. The van der Waals surface area contributed by atoms with Crippen molar-refractivity contribution in [3.8, 4) is 0 Å². The lowest BCUT2D eigenvalue weighted by Gasteiger charge is -2.12. The van der Waals surface area contributed by atoms with E-state index in [1.165, 1.54) is 7.11 Å². The van der Waals surface area contributed by atoms with Crippen LogP contribution < -0.4 is 0 Å². The van der Waals surface area contributed by atoms with Gasteiger partial charge in [-0.25, -0.2) is 4.79 Å². The Balaban J connectivity index is 3.59. The maximum absolute atomic E-state index is 12.2. The lowest BCUT2D eigenvalue weighted by Crippen LogP contribution is -2.28. The van der Waals surface area contributed by atoms with Gasteiger partial charge in [-0.3, -0.25) is 0 Å². The van der Waals surface area contributed by atoms with Gasteiger partial charge in [-0.2, -0.15) is 8.78 Å². The molecule has 0 aromatic heterocycles. The van der Waals surface area contributed by atoms with Crippen LogP contribution in [0.25, 0.3) is 0 Å². The second-order valence-corrected chi connectivity index (χ2v) is 2.92. The highest BCUT2D eigenvalue weighted by Crippen LogP contribution is 2.13. The number of carbonyl (C=O) groups excluding carboxylic acids is 1. The van der Waals surface area contributed by atoms with E-state index in [2.05, 4.69) is 9.47 Å². The first-order valence-corrected chi connectivity index (χ1v) is 4.10. The third-order valence-electron chi connectivity index (χ3n) is 1.40. The quantitative estimate of drug-likeness (QED) is 0.654. The normalized spacial score (nSPS) is 13.8. The number of esters is 1. The highest BCUT2D eigenvalue weighted by atomic mass is 19.3. The average Bonchev–Trinajstić information content (AvgIpc) is 2.02. The summed E-state index contributed by atoms with van der Waals surface area (Å²) in [5.41, 5.74) is 0. The van der Waals surface area contributed by atoms with Crippen molar-refractivity contribution in [1.29, 1.82) is 0 Å². The Hall–Kier alpha value is -0.750. The topological polar surface area (TPSA) is 55.8 Å². The molecule has 1 atom stereocenters. The van der Waals surface area contributed by atoms with E-state index in [1.807, 2.05) is 0 Å². The Labute approximate surface area is 80.8 Å². The van der Waals surface area contributed by atoms with Crippen LogP contribution in [0.15, 0.2) is 0 Å². The zero-order valence-electron chi connectivity index (χ0n) is 8.13. The van der Waals surface area contributed by atoms with Crippen LogP contribution in [0.4, 0.5) is 8.78 Å². The molecular formula is C8H14F2O4. The molecule has 0 heterocycles. The number of hydrogen-bond acceptors (Lipinski definition) is 4. The van der Waals surface area contributed by atoms with Gasteiger partial charge in [0.2, 0.25) is 0 Å². The summed E-state index contributed by atoms with van der Waals surface area (Å²) in [6, 6.07) is 0. The van der Waals surface area contributed by atoms with Crippen molar-refractivity contribution < 1.29 is 28.2 Å². The third kappa shape index (κ3) is 5.82. The molecule has 0 saturated carbocycles. The number of ether oxygens (including phenoxy) is 2. The summed E-state index contributed by atoms with van der Waals surface area (Å²) in [6.45, 7) is 0.299. The Morgan fingerprint density at radius 1 is 1.57 bits per heavy atom. The van der Waals surface area contributed by atoms with Crippen LogP contribution in [0.2, 0.25) is 0 Å². The van der Waals surface area contributed by atoms with Gasteiger partial charge >= 0.3 is 11.9 Å². The highest BCUT2D eigenvalue weighted by Gasteiger charge is 2.34. The first-order chi connectivity index (χ1) is 6.38. The molecule has 0 saturated heterocycles. The zero-order valence-corrected chi connectivity index (χ0v) is 8.13. The number of carbonyl (C=O) groups is 1. The Morgan fingerprint density at radius 2 is 2.14 bits per heavy atom. The van der Waals surface area contributed by atoms with Gasteiger partial charge in [-0.1, -0.05) is 0 Å². The van der Waals surface area contributed by atoms with Crippen LogP contribution >= 0.6 is 0 Å². The maximum Gasteiger partial charge on any atom is 0.376 e. The van der Waals surface area contributed by atoms with E-state index in [0.717, 1.165) is 0 Å². The molecule has 1 unspecified atom stereocenters. The third-order valence-corrected chi connectivity index (χ3v) is 1.40. The fraction of sp³-hybridized carbons (Fsp3) is 0.875. The van der Waals surface area contributed by atoms with Gasteiger partial charge in [0.05, 0.1) is 19.3 Å².